The first-order valence-corrected chi connectivity index (χ1v) is 11.0. The van der Waals surface area contributed by atoms with E-state index in [4.69, 9.17) is 4.74 Å². The van der Waals surface area contributed by atoms with Crippen molar-refractivity contribution in [2.45, 2.75) is 51.2 Å². The second-order valence-corrected chi connectivity index (χ2v) is 8.52. The summed E-state index contributed by atoms with van der Waals surface area (Å²) in [6.45, 7) is 5.42. The number of benzene rings is 1. The first-order chi connectivity index (χ1) is 15.0. The van der Waals surface area contributed by atoms with Gasteiger partial charge in [-0.1, -0.05) is 26.0 Å². The third-order valence-corrected chi connectivity index (χ3v) is 6.50. The van der Waals surface area contributed by atoms with Gasteiger partial charge in [-0.25, -0.2) is 4.79 Å². The van der Waals surface area contributed by atoms with Gasteiger partial charge in [0.1, 0.15) is 6.10 Å². The summed E-state index contributed by atoms with van der Waals surface area (Å²) in [5, 5.41) is 5.90. The molecule has 7 heteroatoms. The van der Waals surface area contributed by atoms with Gasteiger partial charge in [0.15, 0.2) is 0 Å². The average molecular weight is 423 g/mol. The van der Waals surface area contributed by atoms with Gasteiger partial charge in [-0.05, 0) is 55.5 Å². The topological polar surface area (TPSA) is 83.6 Å². The molecule has 3 amide bonds. The van der Waals surface area contributed by atoms with E-state index in [1.165, 1.54) is 5.56 Å². The first kappa shape index (κ1) is 21.3. The minimum Gasteiger partial charge on any atom is -0.362 e. The zero-order valence-electron chi connectivity index (χ0n) is 18.1. The van der Waals surface area contributed by atoms with Crippen LogP contribution in [0.1, 0.15) is 38.7 Å². The van der Waals surface area contributed by atoms with E-state index in [2.05, 4.69) is 35.5 Å². The monoisotopic (exact) mass is 422 g/mol. The average Bonchev–Trinajstić information content (AvgIpc) is 3.22. The molecule has 1 aromatic carbocycles. The Kier molecular flexibility index (Phi) is 6.23. The minimum absolute atomic E-state index is 0.0844. The number of aryl methyl sites for hydroxylation is 1. The van der Waals surface area contributed by atoms with Gasteiger partial charge in [0.25, 0.3) is 5.91 Å². The van der Waals surface area contributed by atoms with Crippen molar-refractivity contribution in [3.63, 3.8) is 0 Å². The lowest BCUT2D eigenvalue weighted by Gasteiger charge is -2.44. The van der Waals surface area contributed by atoms with E-state index in [0.717, 1.165) is 24.9 Å². The molecule has 1 aromatic heterocycles. The number of hydrogen-bond donors (Lipinski definition) is 2. The highest BCUT2D eigenvalue weighted by Gasteiger charge is 2.49. The maximum atomic E-state index is 12.8. The fourth-order valence-electron chi connectivity index (χ4n) is 4.58. The van der Waals surface area contributed by atoms with Crippen molar-refractivity contribution in [3.8, 4) is 0 Å². The highest BCUT2D eigenvalue weighted by atomic mass is 16.5. The number of piperidine rings is 1. The number of nitrogens with zero attached hydrogens (tertiary/aromatic N) is 2. The number of pyridine rings is 1. The molecular formula is C24H30N4O3. The van der Waals surface area contributed by atoms with E-state index < -0.39 is 6.10 Å². The van der Waals surface area contributed by atoms with Crippen LogP contribution in [-0.4, -0.2) is 46.6 Å². The van der Waals surface area contributed by atoms with Gasteiger partial charge in [0.2, 0.25) is 0 Å². The lowest BCUT2D eigenvalue weighted by atomic mass is 9.80. The number of likely N-dealkylation sites (tertiary alicyclic amines) is 1. The number of anilines is 2. The van der Waals surface area contributed by atoms with E-state index in [1.807, 2.05) is 29.2 Å². The number of rotatable bonds is 4. The molecule has 4 rings (SSSR count). The number of hydrogen-bond acceptors (Lipinski definition) is 4. The largest absolute Gasteiger partial charge is 0.362 e. The Labute approximate surface area is 183 Å². The van der Waals surface area contributed by atoms with E-state index in [1.54, 1.807) is 18.5 Å². The summed E-state index contributed by atoms with van der Waals surface area (Å²) in [6, 6.07) is 11.5. The normalized spacial score (nSPS) is 25.4. The van der Waals surface area contributed by atoms with Crippen LogP contribution in [0.4, 0.5) is 16.2 Å². The number of aromatic nitrogens is 1. The quantitative estimate of drug-likeness (QED) is 0.778. The molecule has 2 aliphatic rings. The molecule has 0 bridgehead atoms. The van der Waals surface area contributed by atoms with Crippen LogP contribution >= 0.6 is 0 Å². The summed E-state index contributed by atoms with van der Waals surface area (Å²) in [5.41, 5.74) is 2.33. The Morgan fingerprint density at radius 1 is 1.19 bits per heavy atom. The van der Waals surface area contributed by atoms with Crippen LogP contribution in [0.3, 0.4) is 0 Å². The molecule has 2 aromatic rings. The fourth-order valence-corrected chi connectivity index (χ4v) is 4.58. The second-order valence-electron chi connectivity index (χ2n) is 8.52. The number of nitrogens with one attached hydrogen (secondary N) is 2. The highest BCUT2D eigenvalue weighted by Crippen LogP contribution is 2.42. The van der Waals surface area contributed by atoms with Gasteiger partial charge in [0, 0.05) is 30.9 Å². The first-order valence-electron chi connectivity index (χ1n) is 11.0. The zero-order valence-corrected chi connectivity index (χ0v) is 18.1. The third kappa shape index (κ3) is 4.71. The van der Waals surface area contributed by atoms with Crippen molar-refractivity contribution in [3.05, 3.63) is 54.4 Å². The van der Waals surface area contributed by atoms with Crippen molar-refractivity contribution in [2.24, 2.45) is 5.92 Å². The van der Waals surface area contributed by atoms with Crippen LogP contribution in [0.2, 0.25) is 0 Å². The molecule has 1 spiro atoms. The standard InChI is InChI=1S/C24H30N4O3/c1-3-18-6-4-7-19(14-18)27-23(30)28-13-11-24(17(2)16-28)10-9-21(31-24)22(29)26-20-8-5-12-25-15-20/h4-8,12,14-15,17,21H,3,9-11,13,16H2,1-2H3,(H,26,29)(H,27,30)/t17-,21+,24-/m1/s1. The molecule has 2 aliphatic heterocycles. The second kappa shape index (κ2) is 9.06. The minimum atomic E-state index is -0.472. The molecule has 7 nitrogen and oxygen atoms in total. The summed E-state index contributed by atoms with van der Waals surface area (Å²) in [4.78, 5) is 31.3. The number of urea groups is 1. The van der Waals surface area contributed by atoms with Crippen molar-refractivity contribution in [2.75, 3.05) is 23.7 Å². The van der Waals surface area contributed by atoms with Gasteiger partial charge < -0.3 is 20.3 Å². The summed E-state index contributed by atoms with van der Waals surface area (Å²) in [7, 11) is 0. The SMILES string of the molecule is CCc1cccc(NC(=O)N2CC[C@]3(CC[C@@H](C(=O)Nc4cccnc4)O3)[C@H](C)C2)c1. The molecule has 2 N–H and O–H groups in total. The van der Waals surface area contributed by atoms with Crippen LogP contribution < -0.4 is 10.6 Å². The Bertz CT molecular complexity index is 935. The van der Waals surface area contributed by atoms with Crippen LogP contribution in [0.5, 0.6) is 0 Å². The van der Waals surface area contributed by atoms with Gasteiger partial charge >= 0.3 is 6.03 Å². The summed E-state index contributed by atoms with van der Waals surface area (Å²) in [6.07, 6.45) is 5.99. The van der Waals surface area contributed by atoms with Gasteiger partial charge in [-0.2, -0.15) is 0 Å². The van der Waals surface area contributed by atoms with Crippen LogP contribution in [0.15, 0.2) is 48.8 Å². The lowest BCUT2D eigenvalue weighted by Crippen LogP contribution is -2.53. The van der Waals surface area contributed by atoms with Gasteiger partial charge in [0.05, 0.1) is 17.5 Å². The molecular weight excluding hydrogens is 392 g/mol. The Morgan fingerprint density at radius 2 is 2.03 bits per heavy atom. The maximum Gasteiger partial charge on any atom is 0.321 e. The Balaban J connectivity index is 1.33. The highest BCUT2D eigenvalue weighted by molar-refractivity contribution is 5.94. The number of carbonyl (C=O) groups excluding carboxylic acids is 2. The van der Waals surface area contributed by atoms with E-state index in [9.17, 15) is 9.59 Å². The summed E-state index contributed by atoms with van der Waals surface area (Å²) in [5.74, 6) is 0.0122. The molecule has 31 heavy (non-hydrogen) atoms. The van der Waals surface area contributed by atoms with Crippen molar-refractivity contribution in [1.82, 2.24) is 9.88 Å². The van der Waals surface area contributed by atoms with Crippen LogP contribution in [0, 0.1) is 5.92 Å². The van der Waals surface area contributed by atoms with Crippen molar-refractivity contribution >= 4 is 23.3 Å². The molecule has 164 valence electrons. The molecule has 0 unspecified atom stereocenters. The number of amides is 3. The molecule has 2 saturated heterocycles. The Hall–Kier alpha value is -2.93. The molecule has 0 aliphatic carbocycles. The smallest absolute Gasteiger partial charge is 0.321 e. The predicted octanol–water partition coefficient (Wildman–Crippen LogP) is 4.07. The van der Waals surface area contributed by atoms with Crippen molar-refractivity contribution in [1.29, 1.82) is 0 Å². The van der Waals surface area contributed by atoms with E-state index in [0.29, 0.717) is 25.2 Å². The van der Waals surface area contributed by atoms with Crippen LogP contribution in [0.25, 0.3) is 0 Å². The summed E-state index contributed by atoms with van der Waals surface area (Å²) >= 11 is 0. The molecule has 2 fully saturated rings. The number of ether oxygens (including phenoxy) is 1. The molecule has 3 heterocycles. The van der Waals surface area contributed by atoms with E-state index in [-0.39, 0.29) is 23.5 Å². The van der Waals surface area contributed by atoms with E-state index >= 15 is 0 Å². The predicted molar refractivity (Wildman–Crippen MR) is 120 cm³/mol. The summed E-state index contributed by atoms with van der Waals surface area (Å²) < 4.78 is 6.32. The molecule has 3 atom stereocenters. The maximum absolute atomic E-state index is 12.8. The number of carbonyl (C=O) groups is 2. The zero-order chi connectivity index (χ0) is 21.8. The Morgan fingerprint density at radius 3 is 2.77 bits per heavy atom. The fraction of sp³-hybridized carbons (Fsp3) is 0.458. The third-order valence-electron chi connectivity index (χ3n) is 6.50. The van der Waals surface area contributed by atoms with Gasteiger partial charge in [-0.3, -0.25) is 9.78 Å². The molecule has 0 radical (unpaired) electrons. The van der Waals surface area contributed by atoms with Crippen LogP contribution in [-0.2, 0) is 16.0 Å². The molecule has 0 saturated carbocycles. The van der Waals surface area contributed by atoms with Crippen molar-refractivity contribution < 1.29 is 14.3 Å². The van der Waals surface area contributed by atoms with Gasteiger partial charge in [-0.15, -0.1) is 0 Å². The lowest BCUT2D eigenvalue weighted by molar-refractivity contribution is -0.141.